The van der Waals surface area contributed by atoms with E-state index in [1.807, 2.05) is 0 Å². The third-order valence-electron chi connectivity index (χ3n) is 1.62. The van der Waals surface area contributed by atoms with E-state index >= 15 is 0 Å². The third-order valence-corrected chi connectivity index (χ3v) is 2.48. The SMILES string of the molecule is CC(O)CC=O.Nc1ccc(S(=O)(=O)O)cc1. The maximum absolute atomic E-state index is 10.5. The van der Waals surface area contributed by atoms with E-state index in [4.69, 9.17) is 15.4 Å². The summed E-state index contributed by atoms with van der Waals surface area (Å²) in [5.74, 6) is 0. The minimum atomic E-state index is -4.08. The van der Waals surface area contributed by atoms with E-state index in [9.17, 15) is 13.2 Å². The number of aliphatic hydroxyl groups excluding tert-OH is 1. The highest BCUT2D eigenvalue weighted by atomic mass is 32.2. The van der Waals surface area contributed by atoms with Crippen LogP contribution in [0.25, 0.3) is 0 Å². The van der Waals surface area contributed by atoms with Crippen LogP contribution in [0.2, 0.25) is 0 Å². The summed E-state index contributed by atoms with van der Waals surface area (Å²) < 4.78 is 29.4. The molecule has 1 aromatic carbocycles. The molecule has 96 valence electrons. The number of benzene rings is 1. The first-order valence-corrected chi connectivity index (χ1v) is 6.16. The Morgan fingerprint density at radius 2 is 1.82 bits per heavy atom. The topological polar surface area (TPSA) is 118 Å². The molecule has 0 aliphatic heterocycles. The van der Waals surface area contributed by atoms with E-state index in [0.717, 1.165) is 0 Å². The Morgan fingerprint density at radius 1 is 1.35 bits per heavy atom. The quantitative estimate of drug-likeness (QED) is 0.413. The Hall–Kier alpha value is -1.44. The lowest BCUT2D eigenvalue weighted by Crippen LogP contribution is -1.97. The van der Waals surface area contributed by atoms with Crippen molar-refractivity contribution in [1.82, 2.24) is 0 Å². The van der Waals surface area contributed by atoms with Gasteiger partial charge < -0.3 is 15.6 Å². The van der Waals surface area contributed by atoms with Crippen molar-refractivity contribution in [3.8, 4) is 0 Å². The molecule has 1 unspecified atom stereocenters. The number of carbonyl (C=O) groups excluding carboxylic acids is 1. The van der Waals surface area contributed by atoms with Crippen LogP contribution in [-0.4, -0.2) is 30.5 Å². The largest absolute Gasteiger partial charge is 0.399 e. The Bertz CT molecular complexity index is 438. The highest BCUT2D eigenvalue weighted by Gasteiger charge is 2.06. The second-order valence-corrected chi connectivity index (χ2v) is 4.72. The fourth-order valence-corrected chi connectivity index (χ4v) is 1.26. The van der Waals surface area contributed by atoms with Crippen LogP contribution in [-0.2, 0) is 14.9 Å². The van der Waals surface area contributed by atoms with E-state index < -0.39 is 16.2 Å². The highest BCUT2D eigenvalue weighted by Crippen LogP contribution is 2.10. The van der Waals surface area contributed by atoms with E-state index in [1.165, 1.54) is 24.3 Å². The second kappa shape index (κ2) is 7.00. The zero-order chi connectivity index (χ0) is 13.5. The molecule has 0 radical (unpaired) electrons. The summed E-state index contributed by atoms with van der Waals surface area (Å²) in [6, 6.07) is 5.29. The average molecular weight is 261 g/mol. The van der Waals surface area contributed by atoms with Crippen molar-refractivity contribution in [1.29, 1.82) is 0 Å². The normalized spacial score (nSPS) is 12.2. The van der Waals surface area contributed by atoms with Crippen molar-refractivity contribution in [2.24, 2.45) is 0 Å². The lowest BCUT2D eigenvalue weighted by Gasteiger charge is -1.95. The van der Waals surface area contributed by atoms with Crippen molar-refractivity contribution < 1.29 is 22.9 Å². The Kier molecular flexibility index (Phi) is 6.40. The van der Waals surface area contributed by atoms with Crippen LogP contribution in [0.3, 0.4) is 0 Å². The number of nitrogens with two attached hydrogens (primary N) is 1. The zero-order valence-corrected chi connectivity index (χ0v) is 10.1. The second-order valence-electron chi connectivity index (χ2n) is 3.30. The van der Waals surface area contributed by atoms with E-state index in [1.54, 1.807) is 6.92 Å². The maximum atomic E-state index is 10.5. The van der Waals surface area contributed by atoms with E-state index in [0.29, 0.717) is 12.0 Å². The van der Waals surface area contributed by atoms with Gasteiger partial charge in [0, 0.05) is 12.1 Å². The van der Waals surface area contributed by atoms with E-state index in [-0.39, 0.29) is 11.3 Å². The molecule has 0 bridgehead atoms. The number of hydrogen-bond acceptors (Lipinski definition) is 5. The van der Waals surface area contributed by atoms with Crippen molar-refractivity contribution in [2.75, 3.05) is 5.73 Å². The van der Waals surface area contributed by atoms with Crippen molar-refractivity contribution >= 4 is 22.1 Å². The van der Waals surface area contributed by atoms with Gasteiger partial charge in [-0.3, -0.25) is 4.55 Å². The zero-order valence-electron chi connectivity index (χ0n) is 9.28. The number of hydrogen-bond donors (Lipinski definition) is 3. The van der Waals surface area contributed by atoms with Crippen LogP contribution in [0.5, 0.6) is 0 Å². The first-order valence-electron chi connectivity index (χ1n) is 4.72. The Balaban J connectivity index is 0.000000366. The predicted molar refractivity (Wildman–Crippen MR) is 63.0 cm³/mol. The van der Waals surface area contributed by atoms with Gasteiger partial charge in [0.1, 0.15) is 6.29 Å². The van der Waals surface area contributed by atoms with Gasteiger partial charge in [-0.2, -0.15) is 8.42 Å². The van der Waals surface area contributed by atoms with Gasteiger partial charge in [0.2, 0.25) is 0 Å². The van der Waals surface area contributed by atoms with Gasteiger partial charge in [-0.05, 0) is 31.2 Å². The number of anilines is 1. The number of rotatable bonds is 3. The van der Waals surface area contributed by atoms with Crippen LogP contribution in [0, 0.1) is 0 Å². The van der Waals surface area contributed by atoms with Crippen LogP contribution in [0.15, 0.2) is 29.2 Å². The minimum Gasteiger partial charge on any atom is -0.399 e. The molecule has 0 aliphatic rings. The smallest absolute Gasteiger partial charge is 0.294 e. The summed E-state index contributed by atoms with van der Waals surface area (Å²) in [5, 5.41) is 8.32. The summed E-state index contributed by atoms with van der Waals surface area (Å²) in [6.07, 6.45) is 0.479. The molecule has 0 heterocycles. The molecule has 1 rings (SSSR count). The van der Waals surface area contributed by atoms with Gasteiger partial charge >= 0.3 is 0 Å². The summed E-state index contributed by atoms with van der Waals surface area (Å²) in [5.41, 5.74) is 5.75. The first kappa shape index (κ1) is 15.6. The van der Waals surface area contributed by atoms with E-state index in [2.05, 4.69) is 0 Å². The molecule has 0 saturated heterocycles. The van der Waals surface area contributed by atoms with Gasteiger partial charge in [0.15, 0.2) is 0 Å². The first-order chi connectivity index (χ1) is 7.77. The predicted octanol–water partition coefficient (Wildman–Crippen LogP) is 0.472. The molecule has 6 nitrogen and oxygen atoms in total. The lowest BCUT2D eigenvalue weighted by atomic mass is 10.3. The van der Waals surface area contributed by atoms with Crippen LogP contribution >= 0.6 is 0 Å². The number of aldehydes is 1. The van der Waals surface area contributed by atoms with Gasteiger partial charge in [0.05, 0.1) is 11.0 Å². The molecule has 0 aromatic heterocycles. The van der Waals surface area contributed by atoms with Crippen molar-refractivity contribution in [3.05, 3.63) is 24.3 Å². The molecule has 1 aromatic rings. The van der Waals surface area contributed by atoms with Gasteiger partial charge in [-0.15, -0.1) is 0 Å². The molecule has 0 amide bonds. The van der Waals surface area contributed by atoms with Gasteiger partial charge in [0.25, 0.3) is 10.1 Å². The monoisotopic (exact) mass is 261 g/mol. The molecular weight excluding hydrogens is 246 g/mol. The fourth-order valence-electron chi connectivity index (χ4n) is 0.779. The maximum Gasteiger partial charge on any atom is 0.294 e. The molecule has 1 atom stereocenters. The minimum absolute atomic E-state index is 0.147. The Morgan fingerprint density at radius 3 is 2.06 bits per heavy atom. The lowest BCUT2D eigenvalue weighted by molar-refractivity contribution is -0.109. The molecule has 0 aliphatic carbocycles. The van der Waals surface area contributed by atoms with Crippen LogP contribution in [0.4, 0.5) is 5.69 Å². The van der Waals surface area contributed by atoms with Crippen molar-refractivity contribution in [2.45, 2.75) is 24.3 Å². The molecule has 17 heavy (non-hydrogen) atoms. The highest BCUT2D eigenvalue weighted by molar-refractivity contribution is 7.85. The summed E-state index contributed by atoms with van der Waals surface area (Å²) in [4.78, 5) is 9.31. The van der Waals surface area contributed by atoms with Crippen LogP contribution in [0.1, 0.15) is 13.3 Å². The number of nitrogen functional groups attached to an aromatic ring is 1. The molecule has 7 heteroatoms. The molecular formula is C10H15NO5S. The fraction of sp³-hybridized carbons (Fsp3) is 0.300. The number of aliphatic hydroxyl groups is 1. The van der Waals surface area contributed by atoms with Crippen molar-refractivity contribution in [3.63, 3.8) is 0 Å². The van der Waals surface area contributed by atoms with Gasteiger partial charge in [-0.1, -0.05) is 0 Å². The third kappa shape index (κ3) is 7.45. The Labute approximate surface area is 99.8 Å². The standard InChI is InChI=1S/C6H7NO3S.C4H8O2/c7-5-1-3-6(4-2-5)11(8,9)10;1-4(6)2-3-5/h1-4H,7H2,(H,8,9,10);3-4,6H,2H2,1H3. The average Bonchev–Trinajstić information content (AvgIpc) is 2.17. The number of carbonyl (C=O) groups is 1. The summed E-state index contributed by atoms with van der Waals surface area (Å²) in [7, 11) is -4.08. The summed E-state index contributed by atoms with van der Waals surface area (Å²) in [6.45, 7) is 1.58. The van der Waals surface area contributed by atoms with Gasteiger partial charge in [-0.25, -0.2) is 0 Å². The molecule has 0 spiro atoms. The molecule has 4 N–H and O–H groups in total. The molecule has 0 fully saturated rings. The summed E-state index contributed by atoms with van der Waals surface area (Å²) >= 11 is 0. The molecule has 0 saturated carbocycles. The van der Waals surface area contributed by atoms with Crippen LogP contribution < -0.4 is 5.73 Å².